The van der Waals surface area contributed by atoms with E-state index >= 15 is 0 Å². The number of rotatable bonds is 4. The second-order valence-electron chi connectivity index (χ2n) is 6.65. The van der Waals surface area contributed by atoms with Crippen LogP contribution in [0.3, 0.4) is 0 Å². The first kappa shape index (κ1) is 17.8. The monoisotopic (exact) mass is 368 g/mol. The van der Waals surface area contributed by atoms with Crippen molar-refractivity contribution in [2.75, 3.05) is 0 Å². The van der Waals surface area contributed by atoms with E-state index in [4.69, 9.17) is 0 Å². The van der Waals surface area contributed by atoms with Crippen LogP contribution in [0.25, 0.3) is 11.4 Å². The lowest BCUT2D eigenvalue weighted by atomic mass is 10.1. The van der Waals surface area contributed by atoms with E-state index in [1.807, 2.05) is 0 Å². The molecule has 0 radical (unpaired) electrons. The smallest absolute Gasteiger partial charge is 0.237 e. The SMILES string of the molecule is CC[n+]1ccn(-c2ccc(C#Cc3ccc(-n4cc[n+](CC)c4)cc3)cc2)c1. The molecule has 4 nitrogen and oxygen atoms in total. The van der Waals surface area contributed by atoms with Crippen LogP contribution in [0.1, 0.15) is 25.0 Å². The molecule has 4 heteroatoms. The molecule has 0 fully saturated rings. The summed E-state index contributed by atoms with van der Waals surface area (Å²) in [5, 5.41) is 0. The van der Waals surface area contributed by atoms with Gasteiger partial charge in [-0.3, -0.25) is 0 Å². The van der Waals surface area contributed by atoms with Crippen molar-refractivity contribution in [2.24, 2.45) is 0 Å². The van der Waals surface area contributed by atoms with Crippen LogP contribution >= 0.6 is 0 Å². The molecule has 0 aliphatic rings. The Hall–Kier alpha value is -3.58. The summed E-state index contributed by atoms with van der Waals surface area (Å²) >= 11 is 0. The van der Waals surface area contributed by atoms with Crippen LogP contribution in [0.15, 0.2) is 86.0 Å². The van der Waals surface area contributed by atoms with Gasteiger partial charge in [0.25, 0.3) is 0 Å². The molecule has 2 aromatic carbocycles. The summed E-state index contributed by atoms with van der Waals surface area (Å²) in [6.45, 7) is 6.21. The number of hydrogen-bond donors (Lipinski definition) is 0. The molecule has 0 N–H and O–H groups in total. The molecule has 0 aliphatic heterocycles. The summed E-state index contributed by atoms with van der Waals surface area (Å²) < 4.78 is 8.52. The molecule has 0 amide bonds. The van der Waals surface area contributed by atoms with E-state index in [0.717, 1.165) is 35.6 Å². The molecule has 0 saturated heterocycles. The van der Waals surface area contributed by atoms with E-state index in [9.17, 15) is 0 Å². The minimum absolute atomic E-state index is 0.971. The fourth-order valence-electron chi connectivity index (χ4n) is 3.05. The Kier molecular flexibility index (Phi) is 5.07. The Labute approximate surface area is 165 Å². The Morgan fingerprint density at radius 3 is 1.36 bits per heavy atom. The van der Waals surface area contributed by atoms with Gasteiger partial charge in [0.2, 0.25) is 12.7 Å². The average Bonchev–Trinajstić information content (AvgIpc) is 3.42. The van der Waals surface area contributed by atoms with Gasteiger partial charge in [-0.05, 0) is 62.4 Å². The maximum atomic E-state index is 3.25. The second-order valence-corrected chi connectivity index (χ2v) is 6.65. The number of aromatic nitrogens is 4. The number of benzene rings is 2. The zero-order chi connectivity index (χ0) is 19.3. The Balaban J connectivity index is 1.47. The first-order chi connectivity index (χ1) is 13.7. The molecule has 0 saturated carbocycles. The highest BCUT2D eigenvalue weighted by molar-refractivity contribution is 5.47. The van der Waals surface area contributed by atoms with E-state index in [0.29, 0.717) is 0 Å². The van der Waals surface area contributed by atoms with E-state index in [2.05, 4.69) is 130 Å². The van der Waals surface area contributed by atoms with Crippen molar-refractivity contribution >= 4 is 0 Å². The minimum atomic E-state index is 0.971. The van der Waals surface area contributed by atoms with Gasteiger partial charge in [-0.1, -0.05) is 11.8 Å². The van der Waals surface area contributed by atoms with E-state index in [1.54, 1.807) is 0 Å². The Bertz CT molecular complexity index is 1030. The maximum Gasteiger partial charge on any atom is 0.248 e. The molecule has 28 heavy (non-hydrogen) atoms. The summed E-state index contributed by atoms with van der Waals surface area (Å²) in [6, 6.07) is 16.7. The van der Waals surface area contributed by atoms with Crippen LogP contribution in [0, 0.1) is 11.8 Å². The summed E-state index contributed by atoms with van der Waals surface area (Å²) in [5.74, 6) is 6.51. The molecule has 4 aromatic rings. The van der Waals surface area contributed by atoms with Crippen LogP contribution in [0.2, 0.25) is 0 Å². The van der Waals surface area contributed by atoms with Crippen molar-refractivity contribution in [1.29, 1.82) is 0 Å². The second kappa shape index (κ2) is 7.98. The van der Waals surface area contributed by atoms with Crippen molar-refractivity contribution in [1.82, 2.24) is 9.13 Å². The Morgan fingerprint density at radius 1 is 0.643 bits per heavy atom. The predicted octanol–water partition coefficient (Wildman–Crippen LogP) is 3.28. The van der Waals surface area contributed by atoms with Crippen molar-refractivity contribution in [3.63, 3.8) is 0 Å². The van der Waals surface area contributed by atoms with Crippen LogP contribution in [-0.2, 0) is 13.1 Å². The summed E-state index contributed by atoms with van der Waals surface area (Å²) in [5.41, 5.74) is 4.30. The molecule has 0 atom stereocenters. The number of imidazole rings is 2. The lowest BCUT2D eigenvalue weighted by molar-refractivity contribution is -0.692. The Morgan fingerprint density at radius 2 is 1.04 bits per heavy atom. The van der Waals surface area contributed by atoms with Gasteiger partial charge in [0, 0.05) is 11.1 Å². The molecule has 0 unspecified atom stereocenters. The third-order valence-electron chi connectivity index (χ3n) is 4.80. The fourth-order valence-corrected chi connectivity index (χ4v) is 3.05. The molecule has 4 rings (SSSR count). The third-order valence-corrected chi connectivity index (χ3v) is 4.80. The van der Waals surface area contributed by atoms with Crippen LogP contribution in [-0.4, -0.2) is 9.13 Å². The van der Waals surface area contributed by atoms with E-state index < -0.39 is 0 Å². The number of nitrogens with zero attached hydrogens (tertiary/aromatic N) is 4. The molecular weight excluding hydrogens is 344 g/mol. The van der Waals surface area contributed by atoms with Gasteiger partial charge in [-0.15, -0.1) is 0 Å². The first-order valence-corrected chi connectivity index (χ1v) is 9.62. The molecule has 0 aliphatic carbocycles. The van der Waals surface area contributed by atoms with Crippen molar-refractivity contribution in [3.05, 3.63) is 97.1 Å². The molecular formula is C24H24N4+2. The zero-order valence-electron chi connectivity index (χ0n) is 16.3. The standard InChI is InChI=1S/C24H24N4/c1-3-25-15-17-27(19-25)23-11-7-21(8-12-23)5-6-22-9-13-24(14-10-22)28-18-16-26(4-2)20-28/h7-20H,3-4H2,1-2H3/q+2. The third kappa shape index (κ3) is 3.89. The van der Waals surface area contributed by atoms with Gasteiger partial charge in [0.1, 0.15) is 36.2 Å². The summed E-state index contributed by atoms with van der Waals surface area (Å²) in [6.07, 6.45) is 12.5. The normalized spacial score (nSPS) is 10.5. The zero-order valence-corrected chi connectivity index (χ0v) is 16.3. The highest BCUT2D eigenvalue weighted by Gasteiger charge is 2.05. The highest BCUT2D eigenvalue weighted by atomic mass is 15.1. The summed E-state index contributed by atoms with van der Waals surface area (Å²) in [7, 11) is 0. The summed E-state index contributed by atoms with van der Waals surface area (Å²) in [4.78, 5) is 0. The van der Waals surface area contributed by atoms with E-state index in [1.165, 1.54) is 0 Å². The largest absolute Gasteiger partial charge is 0.248 e. The molecule has 2 heterocycles. The van der Waals surface area contributed by atoms with Gasteiger partial charge in [-0.25, -0.2) is 18.3 Å². The van der Waals surface area contributed by atoms with Gasteiger partial charge < -0.3 is 0 Å². The molecule has 2 aromatic heterocycles. The quantitative estimate of drug-likeness (QED) is 0.389. The number of hydrogen-bond acceptors (Lipinski definition) is 0. The van der Waals surface area contributed by atoms with Crippen LogP contribution < -0.4 is 9.13 Å². The van der Waals surface area contributed by atoms with Crippen molar-refractivity contribution in [3.8, 4) is 23.2 Å². The molecule has 0 spiro atoms. The fraction of sp³-hybridized carbons (Fsp3) is 0.167. The molecule has 0 bridgehead atoms. The first-order valence-electron chi connectivity index (χ1n) is 9.62. The highest BCUT2D eigenvalue weighted by Crippen LogP contribution is 2.10. The van der Waals surface area contributed by atoms with Gasteiger partial charge in [-0.2, -0.15) is 0 Å². The predicted molar refractivity (Wildman–Crippen MR) is 109 cm³/mol. The lowest BCUT2D eigenvalue weighted by Gasteiger charge is -1.97. The number of aryl methyl sites for hydroxylation is 2. The lowest BCUT2D eigenvalue weighted by Crippen LogP contribution is -2.28. The molecule has 138 valence electrons. The topological polar surface area (TPSA) is 17.6 Å². The maximum absolute atomic E-state index is 3.25. The van der Waals surface area contributed by atoms with Gasteiger partial charge >= 0.3 is 0 Å². The van der Waals surface area contributed by atoms with Crippen molar-refractivity contribution < 1.29 is 9.13 Å². The minimum Gasteiger partial charge on any atom is -0.237 e. The van der Waals surface area contributed by atoms with Crippen molar-refractivity contribution in [2.45, 2.75) is 26.9 Å². The van der Waals surface area contributed by atoms with Crippen LogP contribution in [0.4, 0.5) is 0 Å². The average molecular weight is 368 g/mol. The van der Waals surface area contributed by atoms with Crippen LogP contribution in [0.5, 0.6) is 0 Å². The van der Waals surface area contributed by atoms with E-state index in [-0.39, 0.29) is 0 Å². The van der Waals surface area contributed by atoms with Gasteiger partial charge in [0.15, 0.2) is 0 Å². The van der Waals surface area contributed by atoms with Gasteiger partial charge in [0.05, 0.1) is 13.1 Å².